The fourth-order valence-electron chi connectivity index (χ4n) is 7.28. The van der Waals surface area contributed by atoms with Crippen molar-refractivity contribution in [3.63, 3.8) is 0 Å². The highest BCUT2D eigenvalue weighted by molar-refractivity contribution is 5.71. The van der Waals surface area contributed by atoms with Crippen LogP contribution in [0.2, 0.25) is 0 Å². The summed E-state index contributed by atoms with van der Waals surface area (Å²) in [7, 11) is 0. The van der Waals surface area contributed by atoms with Gasteiger partial charge in [0.2, 0.25) is 0 Å². The van der Waals surface area contributed by atoms with Gasteiger partial charge in [-0.1, -0.05) is 247 Å². The summed E-state index contributed by atoms with van der Waals surface area (Å²) in [4.78, 5) is 38.0. The van der Waals surface area contributed by atoms with E-state index in [1.54, 1.807) is 0 Å². The number of allylic oxidation sites excluding steroid dienone is 14. The molecule has 6 nitrogen and oxygen atoms in total. The average Bonchev–Trinajstić information content (AvgIpc) is 3.29. The van der Waals surface area contributed by atoms with E-state index in [-0.39, 0.29) is 31.1 Å². The molecule has 0 N–H and O–H groups in total. The maximum atomic E-state index is 12.8. The van der Waals surface area contributed by atoms with Gasteiger partial charge in [0.1, 0.15) is 13.2 Å². The van der Waals surface area contributed by atoms with Crippen LogP contribution in [0.15, 0.2) is 85.1 Å². The lowest BCUT2D eigenvalue weighted by Gasteiger charge is -2.18. The highest BCUT2D eigenvalue weighted by Gasteiger charge is 2.19. The van der Waals surface area contributed by atoms with E-state index in [1.165, 1.54) is 109 Å². The molecule has 0 rings (SSSR count). The summed E-state index contributed by atoms with van der Waals surface area (Å²) in [5.74, 6) is -0.953. The number of ether oxygens (including phenoxy) is 3. The van der Waals surface area contributed by atoms with Gasteiger partial charge < -0.3 is 14.2 Å². The second kappa shape index (κ2) is 52.2. The molecule has 0 saturated heterocycles. The normalized spacial score (nSPS) is 12.7. The average molecular weight is 891 g/mol. The van der Waals surface area contributed by atoms with Crippen molar-refractivity contribution in [2.45, 2.75) is 252 Å². The number of unbranched alkanes of at least 4 members (excludes halogenated alkanes) is 27. The molecule has 1 unspecified atom stereocenters. The summed E-state index contributed by atoms with van der Waals surface area (Å²) in [5, 5.41) is 0. The Morgan fingerprint density at radius 2 is 0.609 bits per heavy atom. The molecule has 0 fully saturated rings. The largest absolute Gasteiger partial charge is 0.462 e. The molecule has 0 aliphatic rings. The van der Waals surface area contributed by atoms with Crippen LogP contribution in [0.3, 0.4) is 0 Å². The van der Waals surface area contributed by atoms with Crippen molar-refractivity contribution in [3.05, 3.63) is 85.1 Å². The fourth-order valence-corrected chi connectivity index (χ4v) is 7.28. The van der Waals surface area contributed by atoms with Gasteiger partial charge in [-0.25, -0.2) is 0 Å². The Hall–Kier alpha value is -3.41. The van der Waals surface area contributed by atoms with Crippen LogP contribution in [0.5, 0.6) is 0 Å². The molecule has 0 aliphatic heterocycles. The lowest BCUT2D eigenvalue weighted by atomic mass is 10.0. The molecule has 6 heteroatoms. The summed E-state index contributed by atoms with van der Waals surface area (Å²) < 4.78 is 16.8. The van der Waals surface area contributed by atoms with Gasteiger partial charge in [-0.05, 0) is 64.2 Å². The summed E-state index contributed by atoms with van der Waals surface area (Å²) in [6, 6.07) is 0. The van der Waals surface area contributed by atoms with Gasteiger partial charge in [-0.15, -0.1) is 0 Å². The molecule has 0 aromatic heterocycles. The number of carbonyl (C=O) groups excluding carboxylic acids is 3. The Morgan fingerprint density at radius 1 is 0.328 bits per heavy atom. The molecule has 0 amide bonds. The van der Waals surface area contributed by atoms with Crippen molar-refractivity contribution < 1.29 is 28.6 Å². The van der Waals surface area contributed by atoms with Crippen molar-refractivity contribution in [1.82, 2.24) is 0 Å². The van der Waals surface area contributed by atoms with Crippen molar-refractivity contribution in [2.24, 2.45) is 0 Å². The smallest absolute Gasteiger partial charge is 0.306 e. The van der Waals surface area contributed by atoms with E-state index in [0.29, 0.717) is 19.3 Å². The molecular weight excluding hydrogens is 793 g/mol. The number of hydrogen-bond acceptors (Lipinski definition) is 6. The van der Waals surface area contributed by atoms with Crippen LogP contribution >= 0.6 is 0 Å². The van der Waals surface area contributed by atoms with Crippen LogP contribution < -0.4 is 0 Å². The Kier molecular flexibility index (Phi) is 49.4. The standard InChI is InChI=1S/C58H98O6/c1-4-7-10-13-16-19-22-25-27-28-29-31-33-36-39-42-45-48-51-57(60)63-54-55(53-62-56(59)50-47-44-41-38-35-32-24-21-18-15-12-9-6-3)64-58(61)52-49-46-43-40-37-34-30-26-23-20-17-14-11-8-5-2/h9,12,15,18,21-22,24-25,27-29,31-32,35,55H,4-8,10-11,13-14,16-17,19-20,23,26,30,33-34,36-54H2,1-3H3/b12-9-,18-15-,24-21-,25-22-,28-27-,31-29-,35-32-. The quantitative estimate of drug-likeness (QED) is 0.0262. The molecule has 1 atom stereocenters. The molecule has 0 radical (unpaired) electrons. The van der Waals surface area contributed by atoms with Gasteiger partial charge in [0.15, 0.2) is 6.10 Å². The highest BCUT2D eigenvalue weighted by Crippen LogP contribution is 2.15. The molecule has 366 valence electrons. The monoisotopic (exact) mass is 891 g/mol. The van der Waals surface area contributed by atoms with Crippen LogP contribution in [-0.2, 0) is 28.6 Å². The van der Waals surface area contributed by atoms with Crippen molar-refractivity contribution in [3.8, 4) is 0 Å². The highest BCUT2D eigenvalue weighted by atomic mass is 16.6. The van der Waals surface area contributed by atoms with Crippen molar-refractivity contribution >= 4 is 17.9 Å². The van der Waals surface area contributed by atoms with E-state index in [0.717, 1.165) is 96.3 Å². The Labute approximate surface area is 395 Å². The fraction of sp³-hybridized carbons (Fsp3) is 0.707. The second-order valence-electron chi connectivity index (χ2n) is 17.6. The zero-order valence-corrected chi connectivity index (χ0v) is 41.8. The lowest BCUT2D eigenvalue weighted by molar-refractivity contribution is -0.167. The van der Waals surface area contributed by atoms with E-state index < -0.39 is 6.10 Å². The van der Waals surface area contributed by atoms with Gasteiger partial charge >= 0.3 is 17.9 Å². The van der Waals surface area contributed by atoms with E-state index >= 15 is 0 Å². The first-order valence-electron chi connectivity index (χ1n) is 26.7. The van der Waals surface area contributed by atoms with Crippen LogP contribution in [0, 0.1) is 0 Å². The van der Waals surface area contributed by atoms with Crippen LogP contribution in [0.25, 0.3) is 0 Å². The summed E-state index contributed by atoms with van der Waals surface area (Å²) in [5.41, 5.74) is 0. The zero-order chi connectivity index (χ0) is 46.5. The second-order valence-corrected chi connectivity index (χ2v) is 17.6. The van der Waals surface area contributed by atoms with Gasteiger partial charge in [0.25, 0.3) is 0 Å². The first-order valence-corrected chi connectivity index (χ1v) is 26.7. The first kappa shape index (κ1) is 60.6. The molecular formula is C58H98O6. The minimum absolute atomic E-state index is 0.0989. The number of hydrogen-bond donors (Lipinski definition) is 0. The van der Waals surface area contributed by atoms with E-state index in [9.17, 15) is 14.4 Å². The predicted molar refractivity (Wildman–Crippen MR) is 274 cm³/mol. The third kappa shape index (κ3) is 49.6. The van der Waals surface area contributed by atoms with Crippen molar-refractivity contribution in [1.29, 1.82) is 0 Å². The number of rotatable bonds is 47. The third-order valence-electron chi connectivity index (χ3n) is 11.3. The number of esters is 3. The molecule has 0 aliphatic carbocycles. The molecule has 0 aromatic carbocycles. The first-order chi connectivity index (χ1) is 31.5. The Balaban J connectivity index is 4.46. The topological polar surface area (TPSA) is 78.9 Å². The molecule has 0 heterocycles. The van der Waals surface area contributed by atoms with E-state index in [4.69, 9.17) is 14.2 Å². The predicted octanol–water partition coefficient (Wildman–Crippen LogP) is 17.6. The molecule has 0 spiro atoms. The molecule has 0 saturated carbocycles. The summed E-state index contributed by atoms with van der Waals surface area (Å²) >= 11 is 0. The van der Waals surface area contributed by atoms with Crippen LogP contribution in [0.4, 0.5) is 0 Å². The van der Waals surface area contributed by atoms with E-state index in [2.05, 4.69) is 69.4 Å². The minimum atomic E-state index is -0.799. The van der Waals surface area contributed by atoms with Gasteiger partial charge in [-0.3, -0.25) is 14.4 Å². The maximum Gasteiger partial charge on any atom is 0.306 e. The lowest BCUT2D eigenvalue weighted by Crippen LogP contribution is -2.30. The third-order valence-corrected chi connectivity index (χ3v) is 11.3. The van der Waals surface area contributed by atoms with E-state index in [1.807, 2.05) is 36.5 Å². The number of carbonyl (C=O) groups is 3. The molecule has 0 bridgehead atoms. The van der Waals surface area contributed by atoms with Crippen molar-refractivity contribution in [2.75, 3.05) is 13.2 Å². The van der Waals surface area contributed by atoms with Crippen LogP contribution in [-0.4, -0.2) is 37.2 Å². The van der Waals surface area contributed by atoms with Gasteiger partial charge in [0.05, 0.1) is 0 Å². The Bertz CT molecular complexity index is 1250. The summed E-state index contributed by atoms with van der Waals surface area (Å²) in [6.07, 6.45) is 67.1. The maximum absolute atomic E-state index is 12.8. The zero-order valence-electron chi connectivity index (χ0n) is 41.8. The minimum Gasteiger partial charge on any atom is -0.462 e. The SMILES string of the molecule is CC\C=C/C=C\C=C/C=C\CCCCCC(=O)OCC(COC(=O)CCCCCCC\C=C/C=C\C=C/CCCCCCC)OC(=O)CCCCCCCCCCCCCCCCC. The van der Waals surface area contributed by atoms with Crippen LogP contribution in [0.1, 0.15) is 245 Å². The Morgan fingerprint density at radius 3 is 0.969 bits per heavy atom. The molecule has 64 heavy (non-hydrogen) atoms. The summed E-state index contributed by atoms with van der Waals surface area (Å²) in [6.45, 7) is 6.44. The molecule has 0 aromatic rings. The van der Waals surface area contributed by atoms with Gasteiger partial charge in [0, 0.05) is 19.3 Å². The van der Waals surface area contributed by atoms with Gasteiger partial charge in [-0.2, -0.15) is 0 Å².